The minimum absolute atomic E-state index is 0.698. The maximum Gasteiger partial charge on any atom is 0.0646 e. The summed E-state index contributed by atoms with van der Waals surface area (Å²) in [5.41, 5.74) is 0. The summed E-state index contributed by atoms with van der Waals surface area (Å²) in [5.74, 6) is 3.10. The second kappa shape index (κ2) is 4.26. The van der Waals surface area contributed by atoms with E-state index in [4.69, 9.17) is 6.42 Å². The van der Waals surface area contributed by atoms with Crippen LogP contribution in [0, 0.1) is 12.3 Å². The van der Waals surface area contributed by atoms with Crippen LogP contribution in [-0.4, -0.2) is 5.75 Å². The maximum absolute atomic E-state index is 4.82. The van der Waals surface area contributed by atoms with Gasteiger partial charge in [-0.15, -0.1) is 18.1 Å². The van der Waals surface area contributed by atoms with Gasteiger partial charge in [0.05, 0.1) is 5.75 Å². The Morgan fingerprint density at radius 3 is 2.60 bits per heavy atom. The quantitative estimate of drug-likeness (QED) is 0.296. The third-order valence-electron chi connectivity index (χ3n) is 0.148. The van der Waals surface area contributed by atoms with E-state index in [9.17, 15) is 0 Å². The number of rotatable bonds is 1. The summed E-state index contributed by atoms with van der Waals surface area (Å²) in [6.07, 6.45) is 4.82. The Hall–Kier alpha value is 0.260. The van der Waals surface area contributed by atoms with Crippen LogP contribution in [0.2, 0.25) is 0 Å². The van der Waals surface area contributed by atoms with Gasteiger partial charge in [0.1, 0.15) is 0 Å². The minimum atomic E-state index is 0.698. The molecule has 0 heterocycles. The molecule has 2 heteroatoms. The highest BCUT2D eigenvalue weighted by Gasteiger charge is 1.62. The molecule has 0 rings (SSSR count). The van der Waals surface area contributed by atoms with Crippen molar-refractivity contribution in [1.29, 1.82) is 0 Å². The van der Waals surface area contributed by atoms with Crippen LogP contribution in [0.1, 0.15) is 0 Å². The molecule has 0 nitrogen and oxygen atoms in total. The van der Waals surface area contributed by atoms with E-state index in [1.54, 1.807) is 0 Å². The van der Waals surface area contributed by atoms with Crippen molar-refractivity contribution in [1.82, 2.24) is 0 Å². The van der Waals surface area contributed by atoms with E-state index in [1.807, 2.05) is 0 Å². The summed E-state index contributed by atoms with van der Waals surface area (Å²) in [5, 5.41) is 0. The zero-order chi connectivity index (χ0) is 4.12. The Labute approximate surface area is 41.1 Å². The predicted molar refractivity (Wildman–Crippen MR) is 30.3 cm³/mol. The minimum Gasteiger partial charge on any atom is -0.119 e. The Morgan fingerprint density at radius 2 is 2.60 bits per heavy atom. The molecular formula is C3H4S2. The van der Waals surface area contributed by atoms with Gasteiger partial charge in [-0.1, -0.05) is 16.7 Å². The smallest absolute Gasteiger partial charge is 0.0646 e. The summed E-state index contributed by atoms with van der Waals surface area (Å²) < 4.78 is 0. The molecule has 0 unspecified atom stereocenters. The van der Waals surface area contributed by atoms with Crippen LogP contribution in [0.25, 0.3) is 0 Å². The second-order valence-electron chi connectivity index (χ2n) is 0.478. The molecule has 0 bridgehead atoms. The summed E-state index contributed by atoms with van der Waals surface area (Å²) in [4.78, 5) is 0. The Morgan fingerprint density at radius 1 is 2.00 bits per heavy atom. The second-order valence-corrected chi connectivity index (χ2v) is 1.80. The molecule has 0 atom stereocenters. The van der Waals surface area contributed by atoms with Gasteiger partial charge in [-0.3, -0.25) is 0 Å². The average molecular weight is 104 g/mol. The van der Waals surface area contributed by atoms with Gasteiger partial charge in [-0.05, 0) is 0 Å². The number of thiol groups is 1. The highest BCUT2D eigenvalue weighted by atomic mass is 33.1. The highest BCUT2D eigenvalue weighted by Crippen LogP contribution is 2.00. The van der Waals surface area contributed by atoms with Gasteiger partial charge < -0.3 is 0 Å². The average Bonchev–Trinajstić information content (AvgIpc) is 1.41. The molecule has 0 saturated carbocycles. The molecule has 0 aliphatic heterocycles. The highest BCUT2D eigenvalue weighted by molar-refractivity contribution is 8.68. The summed E-state index contributed by atoms with van der Waals surface area (Å²) in [7, 11) is 1.36. The lowest BCUT2D eigenvalue weighted by molar-refractivity contribution is 1.99. The fraction of sp³-hybridized carbons (Fsp3) is 0.333. The van der Waals surface area contributed by atoms with Gasteiger partial charge in [-0.2, -0.15) is 0 Å². The SMILES string of the molecule is C#CCSS. The van der Waals surface area contributed by atoms with Crippen molar-refractivity contribution in [3.63, 3.8) is 0 Å². The summed E-state index contributed by atoms with van der Waals surface area (Å²) >= 11 is 3.77. The lowest BCUT2D eigenvalue weighted by atomic mass is 10.8. The molecular weight excluding hydrogens is 100 g/mol. The largest absolute Gasteiger partial charge is 0.119 e. The van der Waals surface area contributed by atoms with Gasteiger partial charge >= 0.3 is 0 Å². The third kappa shape index (κ3) is 4.26. The van der Waals surface area contributed by atoms with Crippen LogP contribution in [0.4, 0.5) is 0 Å². The van der Waals surface area contributed by atoms with Crippen molar-refractivity contribution in [2.75, 3.05) is 5.75 Å². The van der Waals surface area contributed by atoms with Crippen LogP contribution in [0.15, 0.2) is 0 Å². The van der Waals surface area contributed by atoms with Gasteiger partial charge in [0.25, 0.3) is 0 Å². The standard InChI is InChI=1S/C3H4S2/c1-2-3-5-4/h1,4H,3H2. The Kier molecular flexibility index (Phi) is 4.48. The van der Waals surface area contributed by atoms with Gasteiger partial charge in [-0.25, -0.2) is 0 Å². The van der Waals surface area contributed by atoms with E-state index < -0.39 is 0 Å². The molecule has 0 aromatic heterocycles. The molecule has 0 saturated heterocycles. The van der Waals surface area contributed by atoms with E-state index in [0.29, 0.717) is 5.75 Å². The lowest BCUT2D eigenvalue weighted by Crippen LogP contribution is -1.54. The third-order valence-corrected chi connectivity index (χ3v) is 0.831. The first-order valence-electron chi connectivity index (χ1n) is 1.11. The molecule has 28 valence electrons. The van der Waals surface area contributed by atoms with Crippen molar-refractivity contribution >= 4 is 22.5 Å². The van der Waals surface area contributed by atoms with E-state index in [-0.39, 0.29) is 0 Å². The molecule has 0 aliphatic rings. The maximum atomic E-state index is 4.82. The van der Waals surface area contributed by atoms with Crippen molar-refractivity contribution in [2.24, 2.45) is 0 Å². The number of hydrogen-bond donors (Lipinski definition) is 1. The summed E-state index contributed by atoms with van der Waals surface area (Å²) in [6, 6.07) is 0. The molecule has 0 spiro atoms. The van der Waals surface area contributed by atoms with E-state index in [2.05, 4.69) is 17.6 Å². The lowest BCUT2D eigenvalue weighted by Gasteiger charge is -1.69. The Bertz CT molecular complexity index is 43.3. The van der Waals surface area contributed by atoms with Crippen LogP contribution < -0.4 is 0 Å². The van der Waals surface area contributed by atoms with Crippen molar-refractivity contribution < 1.29 is 0 Å². The van der Waals surface area contributed by atoms with E-state index >= 15 is 0 Å². The first kappa shape index (κ1) is 5.26. The molecule has 0 amide bonds. The van der Waals surface area contributed by atoms with Crippen LogP contribution >= 0.6 is 22.5 Å². The molecule has 0 aromatic carbocycles. The first-order chi connectivity index (χ1) is 2.41. The van der Waals surface area contributed by atoms with Crippen LogP contribution in [0.3, 0.4) is 0 Å². The van der Waals surface area contributed by atoms with Crippen LogP contribution in [0.5, 0.6) is 0 Å². The normalized spacial score (nSPS) is 6.40. The van der Waals surface area contributed by atoms with Crippen molar-refractivity contribution in [2.45, 2.75) is 0 Å². The van der Waals surface area contributed by atoms with Gasteiger partial charge in [0.2, 0.25) is 0 Å². The monoisotopic (exact) mass is 104 g/mol. The fourth-order valence-corrected chi connectivity index (χ4v) is 0.335. The number of hydrogen-bond acceptors (Lipinski definition) is 2. The zero-order valence-corrected chi connectivity index (χ0v) is 4.35. The van der Waals surface area contributed by atoms with E-state index in [0.717, 1.165) is 0 Å². The van der Waals surface area contributed by atoms with Gasteiger partial charge in [0.15, 0.2) is 0 Å². The Balaban J connectivity index is 2.48. The molecule has 0 radical (unpaired) electrons. The summed E-state index contributed by atoms with van der Waals surface area (Å²) in [6.45, 7) is 0. The molecule has 0 aromatic rings. The van der Waals surface area contributed by atoms with Gasteiger partial charge in [0, 0.05) is 0 Å². The molecule has 5 heavy (non-hydrogen) atoms. The first-order valence-corrected chi connectivity index (χ1v) is 3.15. The molecule has 0 aliphatic carbocycles. The number of terminal acetylenes is 1. The van der Waals surface area contributed by atoms with Crippen LogP contribution in [-0.2, 0) is 0 Å². The van der Waals surface area contributed by atoms with Crippen molar-refractivity contribution in [3.05, 3.63) is 0 Å². The molecule has 0 N–H and O–H groups in total. The van der Waals surface area contributed by atoms with Crippen molar-refractivity contribution in [3.8, 4) is 12.3 Å². The topological polar surface area (TPSA) is 0 Å². The zero-order valence-electron chi connectivity index (χ0n) is 2.64. The van der Waals surface area contributed by atoms with E-state index in [1.165, 1.54) is 10.8 Å². The fourth-order valence-electron chi connectivity index (χ4n) is 0.0373. The molecule has 0 fully saturated rings. The predicted octanol–water partition coefficient (Wildman–Crippen LogP) is 1.20.